The molecule has 0 fully saturated rings. The fourth-order valence-electron chi connectivity index (χ4n) is 1.11. The molecular weight excluding hydrogens is 164 g/mol. The smallest absolute Gasteiger partial charge is 0.138 e. The quantitative estimate of drug-likeness (QED) is 0.474. The molecule has 72 valence electrons. The molecule has 0 atom stereocenters. The van der Waals surface area contributed by atoms with E-state index in [0.717, 1.165) is 25.2 Å². The second-order valence-corrected chi connectivity index (χ2v) is 2.90. The van der Waals surface area contributed by atoms with Crippen molar-refractivity contribution in [3.63, 3.8) is 0 Å². The Kier molecular flexibility index (Phi) is 4.12. The maximum Gasteiger partial charge on any atom is 0.138 e. The predicted octanol–water partition coefficient (Wildman–Crippen LogP) is 1.41. The van der Waals surface area contributed by atoms with Crippen LogP contribution < -0.4 is 10.6 Å². The third-order valence-corrected chi connectivity index (χ3v) is 1.82. The molecule has 0 saturated heterocycles. The van der Waals surface area contributed by atoms with Crippen LogP contribution in [0.4, 0.5) is 5.69 Å². The second kappa shape index (κ2) is 5.43. The first-order valence-corrected chi connectivity index (χ1v) is 4.51. The van der Waals surface area contributed by atoms with Gasteiger partial charge in [-0.15, -0.1) is 0 Å². The van der Waals surface area contributed by atoms with Crippen LogP contribution in [0.25, 0.3) is 0 Å². The topological polar surface area (TPSA) is 44.3 Å². The van der Waals surface area contributed by atoms with Gasteiger partial charge in [0, 0.05) is 6.54 Å². The number of hydrogen-bond acceptors (Lipinski definition) is 3. The van der Waals surface area contributed by atoms with Gasteiger partial charge in [-0.05, 0) is 32.1 Å². The van der Waals surface area contributed by atoms with Crippen molar-refractivity contribution in [1.82, 2.24) is 5.32 Å². The number of anilines is 1. The minimum absolute atomic E-state index is 0.312. The molecule has 1 aromatic carbocycles. The highest BCUT2D eigenvalue weighted by Crippen LogP contribution is 2.20. The Bertz CT molecular complexity index is 250. The van der Waals surface area contributed by atoms with E-state index in [0.29, 0.717) is 5.75 Å². The average molecular weight is 180 g/mol. The number of para-hydroxylation sites is 2. The Morgan fingerprint density at radius 3 is 2.69 bits per heavy atom. The lowest BCUT2D eigenvalue weighted by atomic mass is 10.3. The van der Waals surface area contributed by atoms with Crippen LogP contribution in [0.3, 0.4) is 0 Å². The molecule has 0 aliphatic heterocycles. The first kappa shape index (κ1) is 9.86. The minimum atomic E-state index is 0.312. The fourth-order valence-corrected chi connectivity index (χ4v) is 1.11. The number of aromatic hydroxyl groups is 1. The highest BCUT2D eigenvalue weighted by atomic mass is 16.3. The number of benzene rings is 1. The summed E-state index contributed by atoms with van der Waals surface area (Å²) in [6.45, 7) is 1.86. The zero-order valence-corrected chi connectivity index (χ0v) is 7.88. The number of nitrogens with one attached hydrogen (secondary N) is 2. The molecule has 0 heterocycles. The third kappa shape index (κ3) is 3.34. The summed E-state index contributed by atoms with van der Waals surface area (Å²) in [7, 11) is 1.93. The normalized spacial score (nSPS) is 9.92. The molecule has 3 N–H and O–H groups in total. The first-order chi connectivity index (χ1) is 6.34. The van der Waals surface area contributed by atoms with Crippen molar-refractivity contribution in [3.8, 4) is 5.75 Å². The third-order valence-electron chi connectivity index (χ3n) is 1.82. The summed E-state index contributed by atoms with van der Waals surface area (Å²) in [6, 6.07) is 7.27. The van der Waals surface area contributed by atoms with Crippen LogP contribution in [-0.2, 0) is 0 Å². The van der Waals surface area contributed by atoms with Gasteiger partial charge in [-0.1, -0.05) is 12.1 Å². The summed E-state index contributed by atoms with van der Waals surface area (Å²) in [4.78, 5) is 0. The fraction of sp³-hybridized carbons (Fsp3) is 0.400. The summed E-state index contributed by atoms with van der Waals surface area (Å²) < 4.78 is 0. The van der Waals surface area contributed by atoms with E-state index >= 15 is 0 Å². The van der Waals surface area contributed by atoms with Crippen molar-refractivity contribution in [2.45, 2.75) is 6.42 Å². The molecule has 13 heavy (non-hydrogen) atoms. The van der Waals surface area contributed by atoms with Gasteiger partial charge in [-0.2, -0.15) is 0 Å². The molecule has 1 aromatic rings. The van der Waals surface area contributed by atoms with E-state index < -0.39 is 0 Å². The highest BCUT2D eigenvalue weighted by Gasteiger charge is 1.96. The summed E-state index contributed by atoms with van der Waals surface area (Å²) in [5.74, 6) is 0.312. The van der Waals surface area contributed by atoms with E-state index in [9.17, 15) is 5.11 Å². The van der Waals surface area contributed by atoms with E-state index in [2.05, 4.69) is 10.6 Å². The molecule has 0 amide bonds. The van der Waals surface area contributed by atoms with Gasteiger partial charge in [0.1, 0.15) is 5.75 Å². The molecular formula is C10H16N2O. The average Bonchev–Trinajstić information content (AvgIpc) is 2.15. The second-order valence-electron chi connectivity index (χ2n) is 2.90. The van der Waals surface area contributed by atoms with E-state index in [1.807, 2.05) is 25.2 Å². The largest absolute Gasteiger partial charge is 0.506 e. The molecule has 3 nitrogen and oxygen atoms in total. The molecule has 0 aliphatic carbocycles. The van der Waals surface area contributed by atoms with Gasteiger partial charge >= 0.3 is 0 Å². The maximum atomic E-state index is 9.39. The summed E-state index contributed by atoms with van der Waals surface area (Å²) in [5, 5.41) is 15.6. The molecule has 0 saturated carbocycles. The van der Waals surface area contributed by atoms with Crippen LogP contribution in [0.5, 0.6) is 5.75 Å². The summed E-state index contributed by atoms with van der Waals surface area (Å²) in [6.07, 6.45) is 1.05. The zero-order chi connectivity index (χ0) is 9.52. The van der Waals surface area contributed by atoms with E-state index in [1.54, 1.807) is 6.07 Å². The maximum absolute atomic E-state index is 9.39. The number of hydrogen-bond donors (Lipinski definition) is 3. The molecule has 0 aromatic heterocycles. The van der Waals surface area contributed by atoms with Crippen LogP contribution >= 0.6 is 0 Å². The van der Waals surface area contributed by atoms with E-state index in [1.165, 1.54) is 0 Å². The van der Waals surface area contributed by atoms with Gasteiger partial charge in [0.2, 0.25) is 0 Å². The van der Waals surface area contributed by atoms with E-state index in [-0.39, 0.29) is 0 Å². The lowest BCUT2D eigenvalue weighted by Crippen LogP contribution is -2.12. The zero-order valence-electron chi connectivity index (χ0n) is 7.88. The van der Waals surface area contributed by atoms with Crippen molar-refractivity contribution >= 4 is 5.69 Å². The monoisotopic (exact) mass is 180 g/mol. The Morgan fingerprint density at radius 2 is 2.00 bits per heavy atom. The lowest BCUT2D eigenvalue weighted by molar-refractivity contribution is 0.477. The van der Waals surface area contributed by atoms with Gasteiger partial charge in [-0.3, -0.25) is 0 Å². The Morgan fingerprint density at radius 1 is 1.23 bits per heavy atom. The number of phenols is 1. The first-order valence-electron chi connectivity index (χ1n) is 4.51. The standard InChI is InChI=1S/C10H16N2O/c1-11-7-4-8-12-9-5-2-3-6-10(9)13/h2-3,5-6,11-13H,4,7-8H2,1H3. The lowest BCUT2D eigenvalue weighted by Gasteiger charge is -2.07. The Hall–Kier alpha value is -1.22. The van der Waals surface area contributed by atoms with Gasteiger partial charge in [0.15, 0.2) is 0 Å². The van der Waals surface area contributed by atoms with Crippen LogP contribution in [0.2, 0.25) is 0 Å². The predicted molar refractivity (Wildman–Crippen MR) is 55.1 cm³/mol. The van der Waals surface area contributed by atoms with Gasteiger partial charge in [0.25, 0.3) is 0 Å². The molecule has 0 spiro atoms. The number of rotatable bonds is 5. The SMILES string of the molecule is CNCCCNc1ccccc1O. The van der Waals surface area contributed by atoms with Gasteiger partial charge in [-0.25, -0.2) is 0 Å². The van der Waals surface area contributed by atoms with Crippen molar-refractivity contribution in [2.24, 2.45) is 0 Å². The molecule has 0 radical (unpaired) electrons. The van der Waals surface area contributed by atoms with Crippen LogP contribution in [0.1, 0.15) is 6.42 Å². The van der Waals surface area contributed by atoms with Crippen molar-refractivity contribution < 1.29 is 5.11 Å². The van der Waals surface area contributed by atoms with Gasteiger partial charge < -0.3 is 15.7 Å². The summed E-state index contributed by atoms with van der Waals surface area (Å²) in [5.41, 5.74) is 0.804. The minimum Gasteiger partial charge on any atom is -0.506 e. The van der Waals surface area contributed by atoms with Crippen molar-refractivity contribution in [2.75, 3.05) is 25.5 Å². The van der Waals surface area contributed by atoms with Gasteiger partial charge in [0.05, 0.1) is 5.69 Å². The highest BCUT2D eigenvalue weighted by molar-refractivity contribution is 5.54. The molecule has 3 heteroatoms. The Balaban J connectivity index is 2.32. The van der Waals surface area contributed by atoms with Crippen LogP contribution in [-0.4, -0.2) is 25.2 Å². The van der Waals surface area contributed by atoms with Crippen LogP contribution in [0.15, 0.2) is 24.3 Å². The van der Waals surface area contributed by atoms with Crippen molar-refractivity contribution in [3.05, 3.63) is 24.3 Å². The van der Waals surface area contributed by atoms with Crippen LogP contribution in [0, 0.1) is 0 Å². The van der Waals surface area contributed by atoms with E-state index in [4.69, 9.17) is 0 Å². The van der Waals surface area contributed by atoms with Crippen molar-refractivity contribution in [1.29, 1.82) is 0 Å². The number of phenolic OH excluding ortho intramolecular Hbond substituents is 1. The Labute approximate surface area is 78.8 Å². The molecule has 0 aliphatic rings. The molecule has 0 unspecified atom stereocenters. The summed E-state index contributed by atoms with van der Waals surface area (Å²) >= 11 is 0. The molecule has 0 bridgehead atoms. The molecule has 1 rings (SSSR count).